The fourth-order valence-corrected chi connectivity index (χ4v) is 3.89. The summed E-state index contributed by atoms with van der Waals surface area (Å²) in [4.78, 5) is 13.3. The van der Waals surface area contributed by atoms with Crippen molar-refractivity contribution in [3.63, 3.8) is 0 Å². The van der Waals surface area contributed by atoms with E-state index < -0.39 is 12.2 Å². The van der Waals surface area contributed by atoms with E-state index in [1.165, 1.54) is 0 Å². The lowest BCUT2D eigenvalue weighted by Crippen LogP contribution is -2.44. The van der Waals surface area contributed by atoms with Crippen LogP contribution in [-0.2, 0) is 0 Å². The Morgan fingerprint density at radius 1 is 1.23 bits per heavy atom. The second-order valence-electron chi connectivity index (χ2n) is 7.98. The summed E-state index contributed by atoms with van der Waals surface area (Å²) >= 11 is 0. The molecule has 0 spiro atoms. The number of nitrogens with one attached hydrogen (secondary N) is 2. The molecular formula is C22H25F3N6. The van der Waals surface area contributed by atoms with Gasteiger partial charge in [-0.2, -0.15) is 13.2 Å². The molecule has 0 radical (unpaired) electrons. The number of alkyl halides is 3. The molecule has 1 unspecified atom stereocenters. The number of pyridine rings is 2. The van der Waals surface area contributed by atoms with Crippen LogP contribution in [0.15, 0.2) is 49.4 Å². The van der Waals surface area contributed by atoms with Gasteiger partial charge in [0.2, 0.25) is 0 Å². The largest absolute Gasteiger partial charge is 0.408 e. The van der Waals surface area contributed by atoms with E-state index >= 15 is 0 Å². The monoisotopic (exact) mass is 430 g/mol. The molecule has 1 fully saturated rings. The Morgan fingerprint density at radius 2 is 2.00 bits per heavy atom. The van der Waals surface area contributed by atoms with Gasteiger partial charge in [-0.15, -0.1) is 0 Å². The molecule has 2 aliphatic heterocycles. The molecule has 9 heteroatoms. The maximum Gasteiger partial charge on any atom is 0.408 e. The summed E-state index contributed by atoms with van der Waals surface area (Å²) in [5.41, 5.74) is 2.47. The molecule has 1 saturated heterocycles. The van der Waals surface area contributed by atoms with E-state index in [0.29, 0.717) is 23.2 Å². The summed E-state index contributed by atoms with van der Waals surface area (Å²) in [5, 5.41) is 5.65. The van der Waals surface area contributed by atoms with E-state index in [1.807, 2.05) is 30.0 Å². The Balaban J connectivity index is 1.62. The van der Waals surface area contributed by atoms with Crippen molar-refractivity contribution in [2.24, 2.45) is 0 Å². The highest BCUT2D eigenvalue weighted by molar-refractivity contribution is 5.77. The quantitative estimate of drug-likeness (QED) is 0.714. The lowest BCUT2D eigenvalue weighted by molar-refractivity contribution is -0.148. The molecule has 2 aliphatic rings. The highest BCUT2D eigenvalue weighted by Crippen LogP contribution is 2.41. The predicted molar refractivity (Wildman–Crippen MR) is 117 cm³/mol. The van der Waals surface area contributed by atoms with E-state index in [0.717, 1.165) is 37.7 Å². The van der Waals surface area contributed by atoms with Gasteiger partial charge in [-0.25, -0.2) is 9.97 Å². The third-order valence-electron chi connectivity index (χ3n) is 5.62. The van der Waals surface area contributed by atoms with Gasteiger partial charge in [-0.3, -0.25) is 0 Å². The van der Waals surface area contributed by atoms with Crippen molar-refractivity contribution < 1.29 is 13.2 Å². The van der Waals surface area contributed by atoms with Crippen molar-refractivity contribution in [1.82, 2.24) is 15.3 Å². The molecule has 2 N–H and O–H groups in total. The van der Waals surface area contributed by atoms with Crippen molar-refractivity contribution in [3.05, 3.63) is 60.7 Å². The number of hydrogen-bond acceptors (Lipinski definition) is 6. The highest BCUT2D eigenvalue weighted by Gasteiger charge is 2.39. The number of fused-ring (bicyclic) bond motifs is 4. The SMILES string of the molecule is C=C(N[C@H](C)C(F)(F)F)c1ccc2c(n1)N(C(=C)Nc1ccc(C)cn1)C1CCN2C1. The van der Waals surface area contributed by atoms with Gasteiger partial charge in [0.15, 0.2) is 5.82 Å². The van der Waals surface area contributed by atoms with Crippen molar-refractivity contribution in [2.45, 2.75) is 38.5 Å². The molecule has 4 heterocycles. The molecule has 0 aliphatic carbocycles. The average molecular weight is 430 g/mol. The molecule has 4 rings (SSSR count). The topological polar surface area (TPSA) is 56.3 Å². The van der Waals surface area contributed by atoms with E-state index in [-0.39, 0.29) is 11.7 Å². The minimum absolute atomic E-state index is 0.124. The van der Waals surface area contributed by atoms with Crippen LogP contribution in [0.1, 0.15) is 24.6 Å². The Hall–Kier alpha value is -3.23. The van der Waals surface area contributed by atoms with Gasteiger partial charge in [0.25, 0.3) is 0 Å². The fourth-order valence-electron chi connectivity index (χ4n) is 3.89. The standard InChI is InChI=1S/C22H25F3N6/c1-13-5-8-20(26-11-13)28-16(4)31-17-9-10-30(12-17)19-7-6-18(29-21(19)31)14(2)27-15(3)22(23,24)25/h5-8,11,15,17,27H,2,4,9-10,12H2,1,3H3,(H,26,28)/t15-,17?/m1/s1. The first kappa shape index (κ1) is 21.0. The Labute approximate surface area is 179 Å². The first-order valence-electron chi connectivity index (χ1n) is 10.1. The number of aryl methyl sites for hydroxylation is 1. The first-order chi connectivity index (χ1) is 14.6. The fraction of sp³-hybridized carbons (Fsp3) is 0.364. The summed E-state index contributed by atoms with van der Waals surface area (Å²) < 4.78 is 38.8. The molecule has 164 valence electrons. The molecule has 2 aromatic heterocycles. The molecule has 2 aromatic rings. The molecule has 0 amide bonds. The van der Waals surface area contributed by atoms with Crippen LogP contribution in [0.25, 0.3) is 5.70 Å². The lowest BCUT2D eigenvalue weighted by atomic mass is 10.1. The molecule has 2 atom stereocenters. The summed E-state index contributed by atoms with van der Waals surface area (Å²) in [6.07, 6.45) is -1.67. The maximum absolute atomic E-state index is 12.9. The van der Waals surface area contributed by atoms with Crippen molar-refractivity contribution in [1.29, 1.82) is 0 Å². The van der Waals surface area contributed by atoms with E-state index in [9.17, 15) is 13.2 Å². The number of nitrogens with zero attached hydrogens (tertiary/aromatic N) is 4. The third-order valence-corrected chi connectivity index (χ3v) is 5.62. The van der Waals surface area contributed by atoms with Gasteiger partial charge in [-0.1, -0.05) is 19.2 Å². The first-order valence-corrected chi connectivity index (χ1v) is 10.1. The summed E-state index contributed by atoms with van der Waals surface area (Å²) in [6, 6.07) is 5.85. The van der Waals surface area contributed by atoms with Crippen LogP contribution in [0.2, 0.25) is 0 Å². The highest BCUT2D eigenvalue weighted by atomic mass is 19.4. The summed E-state index contributed by atoms with van der Waals surface area (Å²) in [5.74, 6) is 1.94. The predicted octanol–water partition coefficient (Wildman–Crippen LogP) is 4.28. The number of aromatic nitrogens is 2. The van der Waals surface area contributed by atoms with Crippen LogP contribution in [0.3, 0.4) is 0 Å². The van der Waals surface area contributed by atoms with Crippen LogP contribution in [0.5, 0.6) is 0 Å². The smallest absolute Gasteiger partial charge is 0.373 e. The van der Waals surface area contributed by atoms with Crippen LogP contribution >= 0.6 is 0 Å². The Bertz CT molecular complexity index is 1000. The van der Waals surface area contributed by atoms with Crippen LogP contribution in [0, 0.1) is 6.92 Å². The van der Waals surface area contributed by atoms with Gasteiger partial charge >= 0.3 is 6.18 Å². The lowest BCUT2D eigenvalue weighted by Gasteiger charge is -2.38. The van der Waals surface area contributed by atoms with Gasteiger partial charge < -0.3 is 20.4 Å². The Morgan fingerprint density at radius 3 is 2.68 bits per heavy atom. The van der Waals surface area contributed by atoms with Crippen LogP contribution in [0.4, 0.5) is 30.5 Å². The van der Waals surface area contributed by atoms with Gasteiger partial charge in [-0.05, 0) is 44.0 Å². The van der Waals surface area contributed by atoms with Crippen LogP contribution in [-0.4, -0.2) is 41.3 Å². The van der Waals surface area contributed by atoms with Gasteiger partial charge in [0, 0.05) is 19.3 Å². The van der Waals surface area contributed by atoms with E-state index in [2.05, 4.69) is 38.7 Å². The third kappa shape index (κ3) is 4.17. The molecule has 2 bridgehead atoms. The number of anilines is 3. The maximum atomic E-state index is 12.9. The second kappa shape index (κ2) is 7.79. The van der Waals surface area contributed by atoms with Gasteiger partial charge in [0.1, 0.15) is 17.7 Å². The number of hydrogen-bond donors (Lipinski definition) is 2. The summed E-state index contributed by atoms with van der Waals surface area (Å²) in [7, 11) is 0. The minimum Gasteiger partial charge on any atom is -0.373 e. The van der Waals surface area contributed by atoms with Gasteiger partial charge in [0.05, 0.1) is 23.1 Å². The minimum atomic E-state index is -4.37. The molecule has 0 saturated carbocycles. The zero-order valence-corrected chi connectivity index (χ0v) is 17.5. The molecule has 0 aromatic carbocycles. The summed E-state index contributed by atoms with van der Waals surface area (Å²) in [6.45, 7) is 12.7. The number of rotatable bonds is 6. The van der Waals surface area contributed by atoms with E-state index in [4.69, 9.17) is 0 Å². The zero-order chi connectivity index (χ0) is 22.3. The molecular weight excluding hydrogens is 405 g/mol. The number of halogens is 3. The van der Waals surface area contributed by atoms with Crippen LogP contribution < -0.4 is 20.4 Å². The van der Waals surface area contributed by atoms with E-state index in [1.54, 1.807) is 12.3 Å². The zero-order valence-electron chi connectivity index (χ0n) is 17.5. The van der Waals surface area contributed by atoms with Crippen molar-refractivity contribution in [3.8, 4) is 0 Å². The average Bonchev–Trinajstić information content (AvgIpc) is 3.13. The van der Waals surface area contributed by atoms with Crippen molar-refractivity contribution in [2.75, 3.05) is 28.2 Å². The van der Waals surface area contributed by atoms with Crippen molar-refractivity contribution >= 4 is 23.0 Å². The second-order valence-corrected chi connectivity index (χ2v) is 7.98. The molecule has 31 heavy (non-hydrogen) atoms. The molecule has 6 nitrogen and oxygen atoms in total. The normalized spacial score (nSPS) is 18.4. The Kier molecular flexibility index (Phi) is 5.28.